The molecule has 2 amide bonds. The Morgan fingerprint density at radius 3 is 2.89 bits per heavy atom. The molecule has 0 bridgehead atoms. The second-order valence-corrected chi connectivity index (χ2v) is 4.19. The number of carbonyl (C=O) groups is 2. The van der Waals surface area contributed by atoms with Crippen LogP contribution >= 0.6 is 0 Å². The van der Waals surface area contributed by atoms with Crippen LogP contribution in [0.1, 0.15) is 27.9 Å². The number of rotatable bonds is 4. The fourth-order valence-corrected chi connectivity index (χ4v) is 1.65. The highest BCUT2D eigenvalue weighted by Crippen LogP contribution is 2.09. The van der Waals surface area contributed by atoms with E-state index in [1.165, 1.54) is 10.6 Å². The fourth-order valence-electron chi connectivity index (χ4n) is 1.65. The maximum absolute atomic E-state index is 11.8. The molecule has 0 aliphatic rings. The Balaban J connectivity index is 2.34. The van der Waals surface area contributed by atoms with Gasteiger partial charge in [-0.05, 0) is 19.1 Å². The first-order valence-electron chi connectivity index (χ1n) is 5.73. The number of hydrogen-bond donors (Lipinski definition) is 3. The lowest BCUT2D eigenvalue weighted by Crippen LogP contribution is -2.30. The third-order valence-corrected chi connectivity index (χ3v) is 2.54. The van der Waals surface area contributed by atoms with Gasteiger partial charge >= 0.3 is 0 Å². The number of aliphatic hydroxyl groups excluding tert-OH is 1. The van der Waals surface area contributed by atoms with Crippen molar-refractivity contribution < 1.29 is 14.7 Å². The number of pyridine rings is 1. The standard InChI is InChI=1S/C12H14N4O3/c1-7(17)5-14-12(19)8-6-16-9(11(13)18)3-2-4-10(16)15-8/h2-4,6-7,17H,5H2,1H3,(H2,13,18)(H,14,19). The van der Waals surface area contributed by atoms with E-state index in [2.05, 4.69) is 10.3 Å². The highest BCUT2D eigenvalue weighted by atomic mass is 16.3. The zero-order valence-electron chi connectivity index (χ0n) is 10.3. The Hall–Kier alpha value is -2.41. The summed E-state index contributed by atoms with van der Waals surface area (Å²) in [6.45, 7) is 1.70. The number of carbonyl (C=O) groups excluding carboxylic acids is 2. The second-order valence-electron chi connectivity index (χ2n) is 4.19. The van der Waals surface area contributed by atoms with Crippen molar-refractivity contribution in [2.45, 2.75) is 13.0 Å². The van der Waals surface area contributed by atoms with E-state index < -0.39 is 17.9 Å². The van der Waals surface area contributed by atoms with Gasteiger partial charge in [-0.15, -0.1) is 0 Å². The van der Waals surface area contributed by atoms with E-state index in [1.807, 2.05) is 0 Å². The maximum Gasteiger partial charge on any atom is 0.271 e. The molecule has 1 unspecified atom stereocenters. The van der Waals surface area contributed by atoms with E-state index in [1.54, 1.807) is 25.1 Å². The van der Waals surface area contributed by atoms with Gasteiger partial charge in [-0.3, -0.25) is 14.0 Å². The van der Waals surface area contributed by atoms with Crippen molar-refractivity contribution in [3.05, 3.63) is 35.8 Å². The second kappa shape index (κ2) is 5.07. The van der Waals surface area contributed by atoms with Crippen LogP contribution in [0.5, 0.6) is 0 Å². The number of nitrogens with zero attached hydrogens (tertiary/aromatic N) is 2. The molecule has 19 heavy (non-hydrogen) atoms. The van der Waals surface area contributed by atoms with E-state index in [-0.39, 0.29) is 17.9 Å². The van der Waals surface area contributed by atoms with Gasteiger partial charge in [-0.25, -0.2) is 4.98 Å². The summed E-state index contributed by atoms with van der Waals surface area (Å²) in [5.41, 5.74) is 6.11. The number of primary amides is 1. The Morgan fingerprint density at radius 1 is 1.53 bits per heavy atom. The summed E-state index contributed by atoms with van der Waals surface area (Å²) in [4.78, 5) is 27.1. The highest BCUT2D eigenvalue weighted by Gasteiger charge is 2.14. The lowest BCUT2D eigenvalue weighted by molar-refractivity contribution is 0.0918. The van der Waals surface area contributed by atoms with Gasteiger partial charge in [0.25, 0.3) is 11.8 Å². The van der Waals surface area contributed by atoms with Crippen LogP contribution in [-0.4, -0.2) is 39.0 Å². The minimum absolute atomic E-state index is 0.134. The molecule has 4 N–H and O–H groups in total. The number of fused-ring (bicyclic) bond motifs is 1. The molecule has 0 saturated carbocycles. The van der Waals surface area contributed by atoms with E-state index in [0.717, 1.165) is 0 Å². The number of nitrogens with one attached hydrogen (secondary N) is 1. The highest BCUT2D eigenvalue weighted by molar-refractivity contribution is 5.94. The molecule has 2 rings (SSSR count). The van der Waals surface area contributed by atoms with Gasteiger partial charge in [0, 0.05) is 12.7 Å². The molecule has 7 heteroatoms. The SMILES string of the molecule is CC(O)CNC(=O)c1cn2c(C(N)=O)cccc2n1. The summed E-state index contributed by atoms with van der Waals surface area (Å²) < 4.78 is 1.46. The van der Waals surface area contributed by atoms with E-state index in [4.69, 9.17) is 10.8 Å². The minimum Gasteiger partial charge on any atom is -0.392 e. The molecule has 2 heterocycles. The summed E-state index contributed by atoms with van der Waals surface area (Å²) in [5.74, 6) is -1.01. The first-order chi connectivity index (χ1) is 8.99. The third-order valence-electron chi connectivity index (χ3n) is 2.54. The summed E-state index contributed by atoms with van der Waals surface area (Å²) in [6.07, 6.45) is 0.800. The molecular weight excluding hydrogens is 248 g/mol. The van der Waals surface area contributed by atoms with Crippen LogP contribution in [0, 0.1) is 0 Å². The topological polar surface area (TPSA) is 110 Å². The van der Waals surface area contributed by atoms with Gasteiger partial charge in [0.2, 0.25) is 0 Å². The van der Waals surface area contributed by atoms with Gasteiger partial charge in [0.15, 0.2) is 0 Å². The van der Waals surface area contributed by atoms with Crippen LogP contribution in [0.2, 0.25) is 0 Å². The fraction of sp³-hybridized carbons (Fsp3) is 0.250. The van der Waals surface area contributed by atoms with E-state index in [0.29, 0.717) is 5.65 Å². The molecular formula is C12H14N4O3. The Morgan fingerprint density at radius 2 is 2.26 bits per heavy atom. The van der Waals surface area contributed by atoms with Gasteiger partial charge < -0.3 is 16.2 Å². The van der Waals surface area contributed by atoms with Crippen molar-refractivity contribution in [2.24, 2.45) is 5.73 Å². The molecule has 7 nitrogen and oxygen atoms in total. The number of amides is 2. The van der Waals surface area contributed by atoms with Crippen molar-refractivity contribution in [3.8, 4) is 0 Å². The number of aliphatic hydroxyl groups is 1. The van der Waals surface area contributed by atoms with Crippen LogP contribution in [0.3, 0.4) is 0 Å². The zero-order chi connectivity index (χ0) is 14.0. The van der Waals surface area contributed by atoms with Crippen molar-refractivity contribution in [1.29, 1.82) is 0 Å². The Bertz CT molecular complexity index is 633. The smallest absolute Gasteiger partial charge is 0.271 e. The lowest BCUT2D eigenvalue weighted by Gasteiger charge is -2.04. The van der Waals surface area contributed by atoms with Crippen molar-refractivity contribution >= 4 is 17.5 Å². The maximum atomic E-state index is 11.8. The normalized spacial score (nSPS) is 12.3. The summed E-state index contributed by atoms with van der Waals surface area (Å²) in [5, 5.41) is 11.6. The average molecular weight is 262 g/mol. The van der Waals surface area contributed by atoms with Gasteiger partial charge in [-0.1, -0.05) is 6.07 Å². The summed E-state index contributed by atoms with van der Waals surface area (Å²) >= 11 is 0. The molecule has 0 aromatic carbocycles. The van der Waals surface area contributed by atoms with Crippen LogP contribution in [-0.2, 0) is 0 Å². The molecule has 100 valence electrons. The van der Waals surface area contributed by atoms with Crippen LogP contribution in [0.25, 0.3) is 5.65 Å². The zero-order valence-corrected chi connectivity index (χ0v) is 10.3. The van der Waals surface area contributed by atoms with Gasteiger partial charge in [0.1, 0.15) is 17.0 Å². The van der Waals surface area contributed by atoms with E-state index in [9.17, 15) is 9.59 Å². The molecule has 0 aliphatic heterocycles. The summed E-state index contributed by atoms with van der Waals surface area (Å²) in [6, 6.07) is 4.85. The van der Waals surface area contributed by atoms with Crippen LogP contribution in [0.15, 0.2) is 24.4 Å². The molecule has 1 atom stereocenters. The Kier molecular flexibility index (Phi) is 3.48. The number of hydrogen-bond acceptors (Lipinski definition) is 4. The lowest BCUT2D eigenvalue weighted by atomic mass is 10.3. The Labute approximate surface area is 109 Å². The molecule has 0 fully saturated rings. The molecule has 2 aromatic heterocycles. The molecule has 0 spiro atoms. The van der Waals surface area contributed by atoms with Crippen molar-refractivity contribution in [3.63, 3.8) is 0 Å². The van der Waals surface area contributed by atoms with Gasteiger partial charge in [-0.2, -0.15) is 0 Å². The minimum atomic E-state index is -0.637. The number of imidazole rings is 1. The third kappa shape index (κ3) is 2.71. The van der Waals surface area contributed by atoms with Gasteiger partial charge in [0.05, 0.1) is 6.10 Å². The number of nitrogens with two attached hydrogens (primary N) is 1. The molecule has 0 saturated heterocycles. The monoisotopic (exact) mass is 262 g/mol. The van der Waals surface area contributed by atoms with E-state index >= 15 is 0 Å². The predicted molar refractivity (Wildman–Crippen MR) is 67.7 cm³/mol. The van der Waals surface area contributed by atoms with Crippen molar-refractivity contribution in [2.75, 3.05) is 6.54 Å². The quantitative estimate of drug-likeness (QED) is 0.692. The largest absolute Gasteiger partial charge is 0.392 e. The summed E-state index contributed by atoms with van der Waals surface area (Å²) in [7, 11) is 0. The predicted octanol–water partition coefficient (Wildman–Crippen LogP) is -0.456. The number of aromatic nitrogens is 2. The van der Waals surface area contributed by atoms with Crippen molar-refractivity contribution in [1.82, 2.24) is 14.7 Å². The van der Waals surface area contributed by atoms with Crippen LogP contribution in [0.4, 0.5) is 0 Å². The van der Waals surface area contributed by atoms with Crippen LogP contribution < -0.4 is 11.1 Å². The first kappa shape index (κ1) is 13.0. The molecule has 0 aliphatic carbocycles. The molecule has 2 aromatic rings. The average Bonchev–Trinajstić information content (AvgIpc) is 2.78. The molecule has 0 radical (unpaired) electrons. The first-order valence-corrected chi connectivity index (χ1v) is 5.73.